The zero-order valence-corrected chi connectivity index (χ0v) is 12.8. The fourth-order valence-electron chi connectivity index (χ4n) is 3.25. The number of hydrogen-bond acceptors (Lipinski definition) is 4. The summed E-state index contributed by atoms with van der Waals surface area (Å²) in [5, 5.41) is 3.45. The van der Waals surface area contributed by atoms with Gasteiger partial charge in [-0.05, 0) is 18.8 Å². The van der Waals surface area contributed by atoms with E-state index in [1.165, 1.54) is 42.6 Å². The van der Waals surface area contributed by atoms with Crippen LogP contribution in [0.15, 0.2) is 0 Å². The van der Waals surface area contributed by atoms with Gasteiger partial charge in [0.25, 0.3) is 0 Å². The van der Waals surface area contributed by atoms with Crippen LogP contribution in [0, 0.1) is 0 Å². The van der Waals surface area contributed by atoms with E-state index in [9.17, 15) is 0 Å². The van der Waals surface area contributed by atoms with Crippen molar-refractivity contribution in [2.45, 2.75) is 58.4 Å². The molecule has 1 N–H and O–H groups in total. The van der Waals surface area contributed by atoms with E-state index in [1.807, 2.05) is 0 Å². The highest BCUT2D eigenvalue weighted by molar-refractivity contribution is 5.39. The summed E-state index contributed by atoms with van der Waals surface area (Å²) in [6, 6.07) is 0. The van der Waals surface area contributed by atoms with Crippen LogP contribution < -0.4 is 10.2 Å². The number of hydrogen-bond donors (Lipinski definition) is 1. The summed E-state index contributed by atoms with van der Waals surface area (Å²) in [4.78, 5) is 12.2. The molecule has 3 heterocycles. The summed E-state index contributed by atoms with van der Waals surface area (Å²) in [5.74, 6) is 1.45. The molecular formula is C16H26N4. The highest BCUT2D eigenvalue weighted by Gasteiger charge is 2.21. The van der Waals surface area contributed by atoms with Crippen molar-refractivity contribution in [1.29, 1.82) is 0 Å². The molecule has 4 nitrogen and oxygen atoms in total. The van der Waals surface area contributed by atoms with Crippen LogP contribution in [0.25, 0.3) is 0 Å². The SMILES string of the molecule is CC(C)c1nc(N2CCCCCC2)nc2c1CNCC2. The highest BCUT2D eigenvalue weighted by atomic mass is 15.3. The first kappa shape index (κ1) is 13.8. The van der Waals surface area contributed by atoms with E-state index in [0.717, 1.165) is 38.5 Å². The highest BCUT2D eigenvalue weighted by Crippen LogP contribution is 2.26. The molecule has 1 saturated heterocycles. The average Bonchev–Trinajstić information content (AvgIpc) is 2.75. The van der Waals surface area contributed by atoms with Crippen molar-refractivity contribution >= 4 is 5.95 Å². The normalized spacial score (nSPS) is 19.9. The smallest absolute Gasteiger partial charge is 0.225 e. The van der Waals surface area contributed by atoms with Gasteiger partial charge in [-0.25, -0.2) is 9.97 Å². The quantitative estimate of drug-likeness (QED) is 0.900. The molecule has 0 amide bonds. The average molecular weight is 274 g/mol. The lowest BCUT2D eigenvalue weighted by Crippen LogP contribution is -2.31. The summed E-state index contributed by atoms with van der Waals surface area (Å²) in [5.41, 5.74) is 3.88. The van der Waals surface area contributed by atoms with Gasteiger partial charge >= 0.3 is 0 Å². The lowest BCUT2D eigenvalue weighted by molar-refractivity contribution is 0.603. The van der Waals surface area contributed by atoms with Crippen molar-refractivity contribution in [3.63, 3.8) is 0 Å². The summed E-state index contributed by atoms with van der Waals surface area (Å²) >= 11 is 0. The lowest BCUT2D eigenvalue weighted by atomic mass is 9.99. The fourth-order valence-corrected chi connectivity index (χ4v) is 3.25. The van der Waals surface area contributed by atoms with E-state index in [1.54, 1.807) is 0 Å². The summed E-state index contributed by atoms with van der Waals surface area (Å²) < 4.78 is 0. The van der Waals surface area contributed by atoms with Gasteiger partial charge in [-0.1, -0.05) is 26.7 Å². The van der Waals surface area contributed by atoms with Gasteiger partial charge < -0.3 is 10.2 Å². The Balaban J connectivity index is 1.96. The third kappa shape index (κ3) is 2.80. The van der Waals surface area contributed by atoms with Crippen molar-refractivity contribution in [1.82, 2.24) is 15.3 Å². The molecule has 2 aliphatic heterocycles. The topological polar surface area (TPSA) is 41.1 Å². The second-order valence-corrected chi connectivity index (χ2v) is 6.32. The van der Waals surface area contributed by atoms with Crippen molar-refractivity contribution in [2.24, 2.45) is 0 Å². The molecule has 4 heteroatoms. The number of rotatable bonds is 2. The summed E-state index contributed by atoms with van der Waals surface area (Å²) in [7, 11) is 0. The van der Waals surface area contributed by atoms with Gasteiger partial charge in [0.2, 0.25) is 5.95 Å². The lowest BCUT2D eigenvalue weighted by Gasteiger charge is -2.26. The van der Waals surface area contributed by atoms with Crippen molar-refractivity contribution in [2.75, 3.05) is 24.5 Å². The van der Waals surface area contributed by atoms with Crippen LogP contribution in [0.1, 0.15) is 62.4 Å². The molecule has 110 valence electrons. The van der Waals surface area contributed by atoms with E-state index in [2.05, 4.69) is 24.1 Å². The molecule has 2 aliphatic rings. The largest absolute Gasteiger partial charge is 0.341 e. The molecule has 0 spiro atoms. The molecule has 0 saturated carbocycles. The van der Waals surface area contributed by atoms with E-state index >= 15 is 0 Å². The number of nitrogens with one attached hydrogen (secondary N) is 1. The monoisotopic (exact) mass is 274 g/mol. The van der Waals surface area contributed by atoms with Crippen LogP contribution in [0.5, 0.6) is 0 Å². The first-order valence-electron chi connectivity index (χ1n) is 8.11. The molecule has 20 heavy (non-hydrogen) atoms. The maximum atomic E-state index is 4.93. The predicted molar refractivity (Wildman–Crippen MR) is 82.2 cm³/mol. The van der Waals surface area contributed by atoms with E-state index in [-0.39, 0.29) is 0 Å². The van der Waals surface area contributed by atoms with Crippen LogP contribution >= 0.6 is 0 Å². The van der Waals surface area contributed by atoms with Gasteiger partial charge in [0.1, 0.15) is 0 Å². The minimum absolute atomic E-state index is 0.470. The molecule has 1 fully saturated rings. The minimum atomic E-state index is 0.470. The zero-order chi connectivity index (χ0) is 13.9. The maximum Gasteiger partial charge on any atom is 0.225 e. The Kier molecular flexibility index (Phi) is 4.20. The molecule has 0 bridgehead atoms. The molecular weight excluding hydrogens is 248 g/mol. The first-order chi connectivity index (χ1) is 9.75. The molecule has 0 unspecified atom stereocenters. The molecule has 0 atom stereocenters. The van der Waals surface area contributed by atoms with Gasteiger partial charge in [-0.3, -0.25) is 0 Å². The Labute approximate surface area is 122 Å². The van der Waals surface area contributed by atoms with Gasteiger partial charge in [0, 0.05) is 38.2 Å². The standard InChI is InChI=1S/C16H26N4/c1-12(2)15-13-11-17-8-7-14(13)18-16(19-15)20-9-5-3-4-6-10-20/h12,17H,3-11H2,1-2H3. The predicted octanol–water partition coefficient (Wildman–Crippen LogP) is 2.63. The van der Waals surface area contributed by atoms with E-state index < -0.39 is 0 Å². The Morgan fingerprint density at radius 3 is 2.50 bits per heavy atom. The first-order valence-corrected chi connectivity index (χ1v) is 8.11. The molecule has 1 aromatic rings. The summed E-state index contributed by atoms with van der Waals surface area (Å²) in [6.07, 6.45) is 6.29. The molecule has 3 rings (SSSR count). The van der Waals surface area contributed by atoms with Gasteiger partial charge in [-0.2, -0.15) is 0 Å². The van der Waals surface area contributed by atoms with Crippen LogP contribution in [0.2, 0.25) is 0 Å². The van der Waals surface area contributed by atoms with Crippen LogP contribution in [-0.2, 0) is 13.0 Å². The Bertz CT molecular complexity index is 462. The fraction of sp³-hybridized carbons (Fsp3) is 0.750. The molecule has 1 aromatic heterocycles. The molecule has 0 aliphatic carbocycles. The Morgan fingerprint density at radius 2 is 1.80 bits per heavy atom. The second kappa shape index (κ2) is 6.08. The minimum Gasteiger partial charge on any atom is -0.341 e. The van der Waals surface area contributed by atoms with Crippen molar-refractivity contribution in [3.05, 3.63) is 17.0 Å². The number of nitrogens with zero attached hydrogens (tertiary/aromatic N) is 3. The number of aromatic nitrogens is 2. The second-order valence-electron chi connectivity index (χ2n) is 6.32. The summed E-state index contributed by atoms with van der Waals surface area (Å²) in [6.45, 7) is 8.69. The number of anilines is 1. The maximum absolute atomic E-state index is 4.93. The van der Waals surface area contributed by atoms with Crippen molar-refractivity contribution in [3.8, 4) is 0 Å². The van der Waals surface area contributed by atoms with Crippen LogP contribution in [0.3, 0.4) is 0 Å². The molecule has 0 aromatic carbocycles. The third-order valence-corrected chi connectivity index (χ3v) is 4.39. The van der Waals surface area contributed by atoms with Crippen LogP contribution in [-0.4, -0.2) is 29.6 Å². The van der Waals surface area contributed by atoms with E-state index in [0.29, 0.717) is 5.92 Å². The Morgan fingerprint density at radius 1 is 1.05 bits per heavy atom. The van der Waals surface area contributed by atoms with Gasteiger partial charge in [0.05, 0.1) is 11.4 Å². The molecule has 0 radical (unpaired) electrons. The Hall–Kier alpha value is -1.16. The van der Waals surface area contributed by atoms with Gasteiger partial charge in [-0.15, -0.1) is 0 Å². The zero-order valence-electron chi connectivity index (χ0n) is 12.8. The van der Waals surface area contributed by atoms with Crippen LogP contribution in [0.4, 0.5) is 5.95 Å². The third-order valence-electron chi connectivity index (χ3n) is 4.39. The van der Waals surface area contributed by atoms with E-state index in [4.69, 9.17) is 9.97 Å². The van der Waals surface area contributed by atoms with Crippen molar-refractivity contribution < 1.29 is 0 Å². The van der Waals surface area contributed by atoms with Gasteiger partial charge in [0.15, 0.2) is 0 Å². The number of fused-ring (bicyclic) bond motifs is 1.